The molecule has 0 atom stereocenters. The third-order valence-corrected chi connectivity index (χ3v) is 4.18. The van der Waals surface area contributed by atoms with E-state index in [-0.39, 0.29) is 5.41 Å². The lowest BCUT2D eigenvalue weighted by Crippen LogP contribution is -2.33. The Hall–Kier alpha value is -1.76. The van der Waals surface area contributed by atoms with Crippen LogP contribution in [-0.2, 0) is 16.3 Å². The van der Waals surface area contributed by atoms with Gasteiger partial charge in [-0.25, -0.2) is 0 Å². The molecule has 7 heteroatoms. The number of nitrogens with two attached hydrogens (primary N) is 1. The van der Waals surface area contributed by atoms with Crippen molar-refractivity contribution in [3.8, 4) is 0 Å². The molecule has 0 bridgehead atoms. The Labute approximate surface area is 140 Å². The van der Waals surface area contributed by atoms with Crippen LogP contribution in [0.15, 0.2) is 29.3 Å². The predicted molar refractivity (Wildman–Crippen MR) is 88.0 cm³/mol. The summed E-state index contributed by atoms with van der Waals surface area (Å²) in [6.45, 7) is 4.34. The fourth-order valence-corrected chi connectivity index (χ4v) is 2.54. The Morgan fingerprint density at radius 3 is 2.75 bits per heavy atom. The number of nitrogens with one attached hydrogen (secondary N) is 1. The van der Waals surface area contributed by atoms with Crippen molar-refractivity contribution in [1.82, 2.24) is 5.32 Å². The van der Waals surface area contributed by atoms with E-state index in [0.717, 1.165) is 25.3 Å². The lowest BCUT2D eigenvalue weighted by Gasteiger charge is -2.16. The number of ether oxygens (including phenoxy) is 1. The van der Waals surface area contributed by atoms with E-state index in [1.165, 1.54) is 12.1 Å². The van der Waals surface area contributed by atoms with E-state index in [9.17, 15) is 13.2 Å². The van der Waals surface area contributed by atoms with Crippen LogP contribution in [0, 0.1) is 0 Å². The summed E-state index contributed by atoms with van der Waals surface area (Å²) in [4.78, 5) is 4.31. The first kappa shape index (κ1) is 18.6. The van der Waals surface area contributed by atoms with Crippen LogP contribution in [0.1, 0.15) is 37.3 Å². The molecule has 1 aliphatic rings. The lowest BCUT2D eigenvalue weighted by atomic mass is 9.94. The van der Waals surface area contributed by atoms with Crippen molar-refractivity contribution < 1.29 is 17.9 Å². The van der Waals surface area contributed by atoms with E-state index in [2.05, 4.69) is 10.3 Å². The number of benzene rings is 1. The number of guanidine groups is 1. The van der Waals surface area contributed by atoms with Gasteiger partial charge in [-0.05, 0) is 37.8 Å². The third-order valence-electron chi connectivity index (χ3n) is 4.18. The van der Waals surface area contributed by atoms with Crippen LogP contribution in [0.25, 0.3) is 0 Å². The predicted octanol–water partition coefficient (Wildman–Crippen LogP) is 3.07. The minimum absolute atomic E-state index is 0.307. The van der Waals surface area contributed by atoms with Crippen molar-refractivity contribution in [3.05, 3.63) is 35.4 Å². The first-order valence-electron chi connectivity index (χ1n) is 8.17. The van der Waals surface area contributed by atoms with Crippen LogP contribution in [-0.4, -0.2) is 32.3 Å². The highest BCUT2D eigenvalue weighted by atomic mass is 19.4. The minimum atomic E-state index is -4.32. The van der Waals surface area contributed by atoms with E-state index < -0.39 is 11.7 Å². The quantitative estimate of drug-likeness (QED) is 0.433. The van der Waals surface area contributed by atoms with Crippen LogP contribution in [0.4, 0.5) is 13.2 Å². The molecule has 4 nitrogen and oxygen atoms in total. The van der Waals surface area contributed by atoms with Crippen LogP contribution in [0.2, 0.25) is 0 Å². The molecule has 1 saturated carbocycles. The van der Waals surface area contributed by atoms with Gasteiger partial charge in [0.05, 0.1) is 12.1 Å². The highest BCUT2D eigenvalue weighted by molar-refractivity contribution is 5.77. The average molecular weight is 343 g/mol. The van der Waals surface area contributed by atoms with Gasteiger partial charge in [-0.1, -0.05) is 18.2 Å². The number of hydrogen-bond acceptors (Lipinski definition) is 2. The highest BCUT2D eigenvalue weighted by Gasteiger charge is 2.45. The molecule has 134 valence electrons. The van der Waals surface area contributed by atoms with E-state index in [1.807, 2.05) is 6.92 Å². The number of alkyl halides is 3. The Bertz CT molecular complexity index is 568. The molecule has 0 aromatic heterocycles. The first-order valence-corrected chi connectivity index (χ1v) is 8.17. The molecule has 1 aromatic rings. The summed E-state index contributed by atoms with van der Waals surface area (Å²) in [5.41, 5.74) is 5.58. The molecule has 1 fully saturated rings. The molecule has 0 saturated heterocycles. The lowest BCUT2D eigenvalue weighted by molar-refractivity contribution is -0.137. The molecule has 1 aromatic carbocycles. The number of aliphatic imine (C=N–C) groups is 1. The second-order valence-corrected chi connectivity index (χ2v) is 6.04. The zero-order valence-corrected chi connectivity index (χ0v) is 13.8. The van der Waals surface area contributed by atoms with Crippen molar-refractivity contribution in [3.63, 3.8) is 0 Å². The summed E-state index contributed by atoms with van der Waals surface area (Å²) in [6, 6.07) is 5.52. The molecule has 0 radical (unpaired) electrons. The summed E-state index contributed by atoms with van der Waals surface area (Å²) in [7, 11) is 0. The molecule has 0 spiro atoms. The molecule has 2 rings (SSSR count). The zero-order valence-electron chi connectivity index (χ0n) is 13.8. The minimum Gasteiger partial charge on any atom is -0.382 e. The van der Waals surface area contributed by atoms with Gasteiger partial charge >= 0.3 is 6.18 Å². The van der Waals surface area contributed by atoms with Gasteiger partial charge in [-0.3, -0.25) is 4.99 Å². The molecular weight excluding hydrogens is 319 g/mol. The molecule has 0 amide bonds. The van der Waals surface area contributed by atoms with Gasteiger partial charge in [0.1, 0.15) is 0 Å². The number of hydrogen-bond donors (Lipinski definition) is 2. The van der Waals surface area contributed by atoms with E-state index in [4.69, 9.17) is 10.5 Å². The van der Waals surface area contributed by atoms with Crippen LogP contribution in [0.3, 0.4) is 0 Å². The standard InChI is InChI=1S/C17H24F3N3O/c1-2-24-10-4-9-22-15(21)23-12-16(7-8-16)13-5-3-6-14(11-13)17(18,19)20/h3,5-6,11H,2,4,7-10,12H2,1H3,(H3,21,22,23). The Morgan fingerprint density at radius 1 is 1.38 bits per heavy atom. The summed E-state index contributed by atoms with van der Waals surface area (Å²) >= 11 is 0. The fourth-order valence-electron chi connectivity index (χ4n) is 2.54. The van der Waals surface area contributed by atoms with Gasteiger partial charge in [-0.2, -0.15) is 13.2 Å². The highest BCUT2D eigenvalue weighted by Crippen LogP contribution is 2.49. The maximum Gasteiger partial charge on any atom is 0.416 e. The number of rotatable bonds is 8. The average Bonchev–Trinajstić information content (AvgIpc) is 3.33. The van der Waals surface area contributed by atoms with Gasteiger partial charge in [-0.15, -0.1) is 0 Å². The zero-order chi connectivity index (χ0) is 17.6. The monoisotopic (exact) mass is 343 g/mol. The number of nitrogens with zero attached hydrogens (tertiary/aromatic N) is 1. The normalized spacial score (nSPS) is 16.9. The second kappa shape index (κ2) is 7.88. The van der Waals surface area contributed by atoms with Crippen LogP contribution in [0.5, 0.6) is 0 Å². The number of halogens is 3. The molecule has 24 heavy (non-hydrogen) atoms. The maximum atomic E-state index is 12.9. The van der Waals surface area contributed by atoms with Gasteiger partial charge < -0.3 is 15.8 Å². The van der Waals surface area contributed by atoms with Gasteiger partial charge in [0.25, 0.3) is 0 Å². The summed E-state index contributed by atoms with van der Waals surface area (Å²) in [6.07, 6.45) is -1.84. The van der Waals surface area contributed by atoms with Crippen molar-refractivity contribution in [2.24, 2.45) is 10.7 Å². The largest absolute Gasteiger partial charge is 0.416 e. The Morgan fingerprint density at radius 2 is 2.12 bits per heavy atom. The second-order valence-electron chi connectivity index (χ2n) is 6.04. The van der Waals surface area contributed by atoms with Gasteiger partial charge in [0, 0.05) is 25.2 Å². The van der Waals surface area contributed by atoms with Crippen molar-refractivity contribution in [2.45, 2.75) is 37.8 Å². The molecule has 3 N–H and O–H groups in total. The molecule has 0 aliphatic heterocycles. The van der Waals surface area contributed by atoms with E-state index in [0.29, 0.717) is 37.8 Å². The van der Waals surface area contributed by atoms with Gasteiger partial charge in [0.2, 0.25) is 0 Å². The van der Waals surface area contributed by atoms with Crippen LogP contribution < -0.4 is 11.1 Å². The molecule has 0 heterocycles. The Balaban J connectivity index is 1.91. The van der Waals surface area contributed by atoms with E-state index in [1.54, 1.807) is 6.07 Å². The first-order chi connectivity index (χ1) is 11.4. The smallest absolute Gasteiger partial charge is 0.382 e. The third kappa shape index (κ3) is 5.12. The summed E-state index contributed by atoms with van der Waals surface area (Å²) in [5, 5.41) is 3.00. The molecule has 1 aliphatic carbocycles. The van der Waals surface area contributed by atoms with Crippen molar-refractivity contribution in [1.29, 1.82) is 0 Å². The SMILES string of the molecule is CCOCCCNC(N)=NCC1(c2cccc(C(F)(F)F)c2)CC1. The van der Waals surface area contributed by atoms with Crippen molar-refractivity contribution in [2.75, 3.05) is 26.3 Å². The fraction of sp³-hybridized carbons (Fsp3) is 0.588. The summed E-state index contributed by atoms with van der Waals surface area (Å²) < 4.78 is 43.8. The Kier molecular flexibility index (Phi) is 6.10. The molecular formula is C17H24F3N3O. The van der Waals surface area contributed by atoms with E-state index >= 15 is 0 Å². The van der Waals surface area contributed by atoms with Crippen LogP contribution >= 0.6 is 0 Å². The summed E-state index contributed by atoms with van der Waals surface area (Å²) in [5.74, 6) is 0.324. The van der Waals surface area contributed by atoms with Crippen molar-refractivity contribution >= 4 is 5.96 Å². The maximum absolute atomic E-state index is 12.9. The molecule has 0 unspecified atom stereocenters. The van der Waals surface area contributed by atoms with Gasteiger partial charge in [0.15, 0.2) is 5.96 Å². The topological polar surface area (TPSA) is 59.6 Å².